The van der Waals surface area contributed by atoms with Gasteiger partial charge in [0.05, 0.1) is 0 Å². The second-order valence-corrected chi connectivity index (χ2v) is 1.78. The van der Waals surface area contributed by atoms with Crippen LogP contribution in [-0.2, 0) is 4.79 Å². The first-order chi connectivity index (χ1) is 5.14. The van der Waals surface area contributed by atoms with Crippen LogP contribution < -0.4 is 5.73 Å². The average molecular weight is 158 g/mol. The first kappa shape index (κ1) is 9.57. The number of H-pyrrole nitrogens is 1. The van der Waals surface area contributed by atoms with Crippen LogP contribution in [0.25, 0.3) is 0 Å². The summed E-state index contributed by atoms with van der Waals surface area (Å²) in [6, 6.07) is -0.731. The SMILES string of the molecule is C[C@@H](N)C(=O)O.c1nc[nH]n1. The van der Waals surface area contributed by atoms with Crippen molar-refractivity contribution >= 4 is 5.97 Å². The highest BCUT2D eigenvalue weighted by Gasteiger charge is 1.99. The van der Waals surface area contributed by atoms with Crippen molar-refractivity contribution in [3.05, 3.63) is 12.7 Å². The molecule has 1 aromatic heterocycles. The standard InChI is InChI=1S/C3H7NO2.C2H3N3/c1-2(4)3(5)6;1-3-2-5-4-1/h2H,4H2,1H3,(H,5,6);1-2H,(H,3,4,5)/t2-;/m1./s1. The van der Waals surface area contributed by atoms with Gasteiger partial charge in [0.2, 0.25) is 0 Å². The lowest BCUT2D eigenvalue weighted by Crippen LogP contribution is -2.25. The second-order valence-electron chi connectivity index (χ2n) is 1.78. The van der Waals surface area contributed by atoms with Crippen molar-refractivity contribution in [2.75, 3.05) is 0 Å². The molecule has 0 aliphatic rings. The Morgan fingerprint density at radius 3 is 2.45 bits per heavy atom. The van der Waals surface area contributed by atoms with Crippen LogP contribution in [0.4, 0.5) is 0 Å². The van der Waals surface area contributed by atoms with Gasteiger partial charge in [-0.2, -0.15) is 5.10 Å². The third-order valence-corrected chi connectivity index (χ3v) is 0.721. The van der Waals surface area contributed by atoms with Gasteiger partial charge in [-0.25, -0.2) is 4.98 Å². The minimum Gasteiger partial charge on any atom is -0.480 e. The molecule has 0 spiro atoms. The normalized spacial score (nSPS) is 11.1. The Kier molecular flexibility index (Phi) is 4.67. The molecule has 0 aliphatic heterocycles. The molecule has 1 atom stereocenters. The van der Waals surface area contributed by atoms with Crippen LogP contribution in [0, 0.1) is 0 Å². The quantitative estimate of drug-likeness (QED) is 0.497. The highest BCUT2D eigenvalue weighted by Crippen LogP contribution is 1.68. The minimum atomic E-state index is -0.963. The Bertz CT molecular complexity index is 167. The van der Waals surface area contributed by atoms with Crippen molar-refractivity contribution < 1.29 is 9.90 Å². The smallest absolute Gasteiger partial charge is 0.320 e. The number of rotatable bonds is 1. The van der Waals surface area contributed by atoms with E-state index in [2.05, 4.69) is 15.2 Å². The number of carboxylic acid groups (broad SMARTS) is 1. The summed E-state index contributed by atoms with van der Waals surface area (Å²) in [5.41, 5.74) is 4.84. The molecule has 62 valence electrons. The molecule has 0 unspecified atom stereocenters. The van der Waals surface area contributed by atoms with Crippen LogP contribution in [0.2, 0.25) is 0 Å². The number of carboxylic acids is 1. The maximum Gasteiger partial charge on any atom is 0.320 e. The van der Waals surface area contributed by atoms with E-state index in [-0.39, 0.29) is 0 Å². The number of nitrogens with two attached hydrogens (primary N) is 1. The molecule has 0 amide bonds. The molecule has 0 aromatic carbocycles. The van der Waals surface area contributed by atoms with E-state index in [4.69, 9.17) is 10.8 Å². The number of nitrogens with one attached hydrogen (secondary N) is 1. The molecular formula is C5H10N4O2. The minimum absolute atomic E-state index is 0.731. The first-order valence-electron chi connectivity index (χ1n) is 2.91. The van der Waals surface area contributed by atoms with Crippen LogP contribution in [0.1, 0.15) is 6.92 Å². The summed E-state index contributed by atoms with van der Waals surface area (Å²) in [4.78, 5) is 13.1. The Morgan fingerprint density at radius 2 is 2.36 bits per heavy atom. The molecule has 0 radical (unpaired) electrons. The van der Waals surface area contributed by atoms with Crippen LogP contribution in [0.5, 0.6) is 0 Å². The summed E-state index contributed by atoms with van der Waals surface area (Å²) in [7, 11) is 0. The molecule has 6 heteroatoms. The van der Waals surface area contributed by atoms with Crippen molar-refractivity contribution in [2.45, 2.75) is 13.0 Å². The van der Waals surface area contributed by atoms with Crippen molar-refractivity contribution in [3.8, 4) is 0 Å². The van der Waals surface area contributed by atoms with Gasteiger partial charge in [0.15, 0.2) is 0 Å². The summed E-state index contributed by atoms with van der Waals surface area (Å²) in [5, 5.41) is 13.9. The van der Waals surface area contributed by atoms with E-state index < -0.39 is 12.0 Å². The van der Waals surface area contributed by atoms with E-state index in [0.717, 1.165) is 0 Å². The molecule has 4 N–H and O–H groups in total. The van der Waals surface area contributed by atoms with E-state index in [1.165, 1.54) is 19.6 Å². The van der Waals surface area contributed by atoms with Crippen molar-refractivity contribution in [1.82, 2.24) is 15.2 Å². The van der Waals surface area contributed by atoms with E-state index in [1.54, 1.807) is 0 Å². The Morgan fingerprint density at radius 1 is 1.82 bits per heavy atom. The maximum atomic E-state index is 9.57. The highest BCUT2D eigenvalue weighted by molar-refractivity contribution is 5.72. The fourth-order valence-electron chi connectivity index (χ4n) is 0.167. The van der Waals surface area contributed by atoms with Crippen molar-refractivity contribution in [3.63, 3.8) is 0 Å². The molecule has 1 aromatic rings. The molecule has 0 saturated carbocycles. The van der Waals surface area contributed by atoms with Gasteiger partial charge in [0.1, 0.15) is 18.7 Å². The number of aromatic nitrogens is 3. The number of nitrogens with zero attached hydrogens (tertiary/aromatic N) is 2. The number of carbonyl (C=O) groups is 1. The topological polar surface area (TPSA) is 105 Å². The summed E-state index contributed by atoms with van der Waals surface area (Å²) in [6.07, 6.45) is 2.96. The van der Waals surface area contributed by atoms with Gasteiger partial charge < -0.3 is 10.8 Å². The molecule has 1 rings (SSSR count). The summed E-state index contributed by atoms with van der Waals surface area (Å²) >= 11 is 0. The second kappa shape index (κ2) is 5.36. The zero-order valence-corrected chi connectivity index (χ0v) is 6.06. The Labute approximate surface area is 63.4 Å². The number of hydrogen-bond donors (Lipinski definition) is 3. The molecule has 0 bridgehead atoms. The summed E-state index contributed by atoms with van der Waals surface area (Å²) in [5.74, 6) is -0.963. The molecule has 0 aliphatic carbocycles. The third-order valence-electron chi connectivity index (χ3n) is 0.721. The first-order valence-corrected chi connectivity index (χ1v) is 2.91. The van der Waals surface area contributed by atoms with Crippen molar-refractivity contribution in [2.24, 2.45) is 5.73 Å². The summed E-state index contributed by atoms with van der Waals surface area (Å²) in [6.45, 7) is 1.42. The van der Waals surface area contributed by atoms with Gasteiger partial charge in [-0.15, -0.1) is 0 Å². The summed E-state index contributed by atoms with van der Waals surface area (Å²) < 4.78 is 0. The van der Waals surface area contributed by atoms with Crippen molar-refractivity contribution in [1.29, 1.82) is 0 Å². The average Bonchev–Trinajstić information content (AvgIpc) is 2.41. The molecular weight excluding hydrogens is 148 g/mol. The van der Waals surface area contributed by atoms with Crippen LogP contribution in [0.15, 0.2) is 12.7 Å². The maximum absolute atomic E-state index is 9.57. The lowest BCUT2D eigenvalue weighted by molar-refractivity contribution is -0.138. The van der Waals surface area contributed by atoms with Gasteiger partial charge in [0.25, 0.3) is 0 Å². The zero-order chi connectivity index (χ0) is 8.69. The van der Waals surface area contributed by atoms with Crippen LogP contribution in [0.3, 0.4) is 0 Å². The molecule has 1 heterocycles. The van der Waals surface area contributed by atoms with Gasteiger partial charge >= 0.3 is 5.97 Å². The van der Waals surface area contributed by atoms with Gasteiger partial charge in [0, 0.05) is 0 Å². The van der Waals surface area contributed by atoms with E-state index in [9.17, 15) is 4.79 Å². The Balaban J connectivity index is 0.000000183. The lowest BCUT2D eigenvalue weighted by atomic mass is 10.4. The largest absolute Gasteiger partial charge is 0.480 e. The van der Waals surface area contributed by atoms with Gasteiger partial charge in [-0.1, -0.05) is 0 Å². The molecule has 6 nitrogen and oxygen atoms in total. The van der Waals surface area contributed by atoms with E-state index in [1.807, 2.05) is 0 Å². The Hall–Kier alpha value is -1.43. The zero-order valence-electron chi connectivity index (χ0n) is 6.06. The third kappa shape index (κ3) is 6.46. The molecule has 11 heavy (non-hydrogen) atoms. The van der Waals surface area contributed by atoms with Gasteiger partial charge in [-0.3, -0.25) is 9.89 Å². The highest BCUT2D eigenvalue weighted by atomic mass is 16.4. The monoisotopic (exact) mass is 158 g/mol. The predicted octanol–water partition coefficient (Wildman–Crippen LogP) is -0.777. The fourth-order valence-corrected chi connectivity index (χ4v) is 0.167. The van der Waals surface area contributed by atoms with Gasteiger partial charge in [-0.05, 0) is 6.92 Å². The number of aliphatic carboxylic acids is 1. The predicted molar refractivity (Wildman–Crippen MR) is 37.7 cm³/mol. The molecule has 0 fully saturated rings. The lowest BCUT2D eigenvalue weighted by Gasteiger charge is -1.90. The number of aromatic amines is 1. The van der Waals surface area contributed by atoms with Crippen LogP contribution >= 0.6 is 0 Å². The van der Waals surface area contributed by atoms with E-state index >= 15 is 0 Å². The molecule has 0 saturated heterocycles. The number of hydrogen-bond acceptors (Lipinski definition) is 4. The fraction of sp³-hybridized carbons (Fsp3) is 0.400. The van der Waals surface area contributed by atoms with E-state index in [0.29, 0.717) is 0 Å². The van der Waals surface area contributed by atoms with Crippen LogP contribution in [-0.4, -0.2) is 32.3 Å².